The fraction of sp³-hybridized carbons (Fsp3) is 0.741. The van der Waals surface area contributed by atoms with E-state index < -0.39 is 19.0 Å². The lowest BCUT2D eigenvalue weighted by atomic mass is 9.79. The Labute approximate surface area is 221 Å². The normalized spacial score (nSPS) is 25.2. The summed E-state index contributed by atoms with van der Waals surface area (Å²) in [5, 5.41) is 12.9. The Kier molecular flexibility index (Phi) is 9.73. The third-order valence-electron chi connectivity index (χ3n) is 7.94. The first-order valence-corrected chi connectivity index (χ1v) is 15.0. The summed E-state index contributed by atoms with van der Waals surface area (Å²) in [5.74, 6) is 0.596. The zero-order valence-corrected chi connectivity index (χ0v) is 24.5. The SMILES string of the molecule is COCP(=O)(NC(C)(C(=O)O)C(C)C)O[C@@H]1C[C@@H]2c3cc(OC)c(OC)cc3CCN2C[C@H]1CC(C)C. The van der Waals surface area contributed by atoms with E-state index in [1.807, 2.05) is 0 Å². The first-order chi connectivity index (χ1) is 17.4. The molecule has 0 saturated carbocycles. The van der Waals surface area contributed by atoms with Gasteiger partial charge in [0.05, 0.1) is 20.3 Å². The zero-order chi connectivity index (χ0) is 27.5. The van der Waals surface area contributed by atoms with Crippen LogP contribution in [0.3, 0.4) is 0 Å². The van der Waals surface area contributed by atoms with Crippen LogP contribution < -0.4 is 14.6 Å². The van der Waals surface area contributed by atoms with Crippen LogP contribution in [-0.2, 0) is 25.0 Å². The van der Waals surface area contributed by atoms with E-state index in [-0.39, 0.29) is 30.3 Å². The average molecular weight is 541 g/mol. The molecule has 1 aromatic carbocycles. The van der Waals surface area contributed by atoms with E-state index in [1.165, 1.54) is 18.2 Å². The number of hydrogen-bond acceptors (Lipinski definition) is 7. The van der Waals surface area contributed by atoms with E-state index in [0.29, 0.717) is 23.8 Å². The van der Waals surface area contributed by atoms with Gasteiger partial charge in [0.25, 0.3) is 7.52 Å². The number of hydrogen-bond donors (Lipinski definition) is 2. The average Bonchev–Trinajstić information content (AvgIpc) is 2.82. The molecule has 10 heteroatoms. The fourth-order valence-corrected chi connectivity index (χ4v) is 7.90. The molecule has 3 rings (SSSR count). The molecular weight excluding hydrogens is 495 g/mol. The number of nitrogens with zero attached hydrogens (tertiary/aromatic N) is 1. The first-order valence-electron chi connectivity index (χ1n) is 13.2. The minimum atomic E-state index is -3.67. The summed E-state index contributed by atoms with van der Waals surface area (Å²) in [6.45, 7) is 11.2. The quantitative estimate of drug-likeness (QED) is 0.357. The van der Waals surface area contributed by atoms with Gasteiger partial charge in [-0.25, -0.2) is 5.09 Å². The summed E-state index contributed by atoms with van der Waals surface area (Å²) in [6.07, 6.45) is 1.94. The number of carboxylic acid groups (broad SMARTS) is 1. The molecule has 0 bridgehead atoms. The number of nitrogens with one attached hydrogen (secondary N) is 1. The van der Waals surface area contributed by atoms with Gasteiger partial charge < -0.3 is 23.8 Å². The highest BCUT2D eigenvalue weighted by molar-refractivity contribution is 7.56. The van der Waals surface area contributed by atoms with Crippen molar-refractivity contribution in [2.24, 2.45) is 17.8 Å². The van der Waals surface area contributed by atoms with E-state index in [1.54, 1.807) is 35.0 Å². The van der Waals surface area contributed by atoms with Crippen LogP contribution in [0.15, 0.2) is 12.1 Å². The molecule has 37 heavy (non-hydrogen) atoms. The Morgan fingerprint density at radius 3 is 2.38 bits per heavy atom. The van der Waals surface area contributed by atoms with Gasteiger partial charge in [0.1, 0.15) is 11.9 Å². The number of methoxy groups -OCH3 is 3. The molecule has 9 nitrogen and oxygen atoms in total. The third-order valence-corrected chi connectivity index (χ3v) is 9.96. The minimum Gasteiger partial charge on any atom is -0.493 e. The second-order valence-corrected chi connectivity index (χ2v) is 13.3. The molecule has 5 atom stereocenters. The van der Waals surface area contributed by atoms with E-state index in [0.717, 1.165) is 25.9 Å². The molecule has 1 saturated heterocycles. The second-order valence-electron chi connectivity index (χ2n) is 11.3. The monoisotopic (exact) mass is 540 g/mol. The number of aliphatic carboxylic acids is 1. The molecule has 210 valence electrons. The molecule has 2 heterocycles. The van der Waals surface area contributed by atoms with Crippen molar-refractivity contribution in [2.45, 2.75) is 71.6 Å². The Bertz CT molecular complexity index is 1000. The van der Waals surface area contributed by atoms with Gasteiger partial charge in [-0.05, 0) is 67.2 Å². The highest BCUT2D eigenvalue weighted by Gasteiger charge is 2.47. The second kappa shape index (κ2) is 12.0. The number of rotatable bonds is 12. The molecular formula is C27H45N2O7P. The Morgan fingerprint density at radius 1 is 1.19 bits per heavy atom. The fourth-order valence-electron chi connectivity index (χ4n) is 5.62. The molecule has 0 aliphatic carbocycles. The summed E-state index contributed by atoms with van der Waals surface area (Å²) in [5.41, 5.74) is 0.966. The topological polar surface area (TPSA) is 107 Å². The Hall–Kier alpha value is -1.64. The number of ether oxygens (including phenoxy) is 3. The first kappa shape index (κ1) is 29.9. The molecule has 0 amide bonds. The molecule has 1 fully saturated rings. The van der Waals surface area contributed by atoms with Crippen molar-refractivity contribution in [2.75, 3.05) is 40.8 Å². The number of piperidine rings is 1. The van der Waals surface area contributed by atoms with E-state index >= 15 is 0 Å². The lowest BCUT2D eigenvalue weighted by Crippen LogP contribution is -2.54. The molecule has 0 spiro atoms. The molecule has 1 aromatic rings. The third kappa shape index (κ3) is 6.51. The maximum absolute atomic E-state index is 14.2. The summed E-state index contributed by atoms with van der Waals surface area (Å²) in [4.78, 5) is 14.7. The van der Waals surface area contributed by atoms with Gasteiger partial charge in [-0.2, -0.15) is 0 Å². The number of carboxylic acids is 1. The molecule has 0 aromatic heterocycles. The van der Waals surface area contributed by atoms with Crippen molar-refractivity contribution in [3.8, 4) is 11.5 Å². The minimum absolute atomic E-state index is 0.0731. The van der Waals surface area contributed by atoms with Gasteiger partial charge in [-0.1, -0.05) is 27.7 Å². The van der Waals surface area contributed by atoms with E-state index in [4.69, 9.17) is 18.7 Å². The van der Waals surface area contributed by atoms with Crippen molar-refractivity contribution < 1.29 is 33.2 Å². The summed E-state index contributed by atoms with van der Waals surface area (Å²) >= 11 is 0. The van der Waals surface area contributed by atoms with Crippen LogP contribution in [0.2, 0.25) is 0 Å². The van der Waals surface area contributed by atoms with Crippen LogP contribution in [0.4, 0.5) is 0 Å². The van der Waals surface area contributed by atoms with E-state index in [9.17, 15) is 14.5 Å². The van der Waals surface area contributed by atoms with Crippen molar-refractivity contribution in [1.82, 2.24) is 9.99 Å². The molecule has 0 radical (unpaired) electrons. The summed E-state index contributed by atoms with van der Waals surface area (Å²) in [6, 6.07) is 4.18. The van der Waals surface area contributed by atoms with Gasteiger partial charge in [0, 0.05) is 26.2 Å². The van der Waals surface area contributed by atoms with Crippen molar-refractivity contribution in [3.05, 3.63) is 23.3 Å². The van der Waals surface area contributed by atoms with Gasteiger partial charge in [-0.3, -0.25) is 14.3 Å². The molecule has 2 unspecified atom stereocenters. The number of benzene rings is 1. The van der Waals surface area contributed by atoms with E-state index in [2.05, 4.69) is 36.0 Å². The maximum atomic E-state index is 14.2. The van der Waals surface area contributed by atoms with Gasteiger partial charge in [0.15, 0.2) is 11.5 Å². The van der Waals surface area contributed by atoms with Crippen molar-refractivity contribution in [3.63, 3.8) is 0 Å². The highest BCUT2D eigenvalue weighted by Crippen LogP contribution is 2.52. The Balaban J connectivity index is 1.97. The van der Waals surface area contributed by atoms with Gasteiger partial charge in [0.2, 0.25) is 0 Å². The van der Waals surface area contributed by atoms with Crippen LogP contribution in [0.5, 0.6) is 11.5 Å². The standard InChI is InChI=1S/C27H45N2O7P/c1-17(2)11-20-15-29-10-9-19-12-24(34-7)25(35-8)13-21(19)22(29)14-23(20)36-37(32,16-33-6)28-27(5,18(3)4)26(30)31/h12-13,17-18,20,22-23H,9-11,14-16H2,1-8H3,(H,28,32)(H,30,31)/t20-,22-,23-,27?,37?/m1/s1. The van der Waals surface area contributed by atoms with Crippen molar-refractivity contribution >= 4 is 13.5 Å². The predicted octanol–water partition coefficient (Wildman–Crippen LogP) is 4.94. The molecule has 2 aliphatic rings. The smallest absolute Gasteiger partial charge is 0.324 e. The number of carbonyl (C=O) groups is 1. The number of fused-ring (bicyclic) bond motifs is 3. The summed E-state index contributed by atoms with van der Waals surface area (Å²) in [7, 11) is 1.06. The zero-order valence-electron chi connectivity index (χ0n) is 23.6. The van der Waals surface area contributed by atoms with Crippen LogP contribution in [0.1, 0.15) is 64.6 Å². The van der Waals surface area contributed by atoms with Crippen molar-refractivity contribution in [1.29, 1.82) is 0 Å². The maximum Gasteiger partial charge on any atom is 0.324 e. The Morgan fingerprint density at radius 2 is 1.84 bits per heavy atom. The van der Waals surface area contributed by atoms with Gasteiger partial charge in [-0.15, -0.1) is 0 Å². The highest BCUT2D eigenvalue weighted by atomic mass is 31.2. The van der Waals surface area contributed by atoms with Crippen LogP contribution in [-0.4, -0.2) is 68.4 Å². The van der Waals surface area contributed by atoms with Gasteiger partial charge >= 0.3 is 5.97 Å². The summed E-state index contributed by atoms with van der Waals surface area (Å²) < 4.78 is 37.0. The van der Waals surface area contributed by atoms with Crippen LogP contribution >= 0.6 is 7.52 Å². The lowest BCUT2D eigenvalue weighted by Gasteiger charge is -2.48. The van der Waals surface area contributed by atoms with Crippen LogP contribution in [0, 0.1) is 17.8 Å². The van der Waals surface area contributed by atoms with Crippen LogP contribution in [0.25, 0.3) is 0 Å². The predicted molar refractivity (Wildman–Crippen MR) is 143 cm³/mol. The lowest BCUT2D eigenvalue weighted by molar-refractivity contribution is -0.145. The largest absolute Gasteiger partial charge is 0.493 e. The molecule has 2 N–H and O–H groups in total. The molecule has 2 aliphatic heterocycles.